The van der Waals surface area contributed by atoms with Gasteiger partial charge in [0.2, 0.25) is 6.41 Å². The van der Waals surface area contributed by atoms with E-state index in [2.05, 4.69) is 25.4 Å². The van der Waals surface area contributed by atoms with Crippen molar-refractivity contribution in [2.45, 2.75) is 24.9 Å². The number of nitrogens with zero attached hydrogens (tertiary/aromatic N) is 3. The number of rotatable bonds is 6. The van der Waals surface area contributed by atoms with Crippen LogP contribution < -0.4 is 16.2 Å². The number of pyridine rings is 1. The highest BCUT2D eigenvalue weighted by Gasteiger charge is 2.49. The fraction of sp³-hybridized carbons (Fsp3) is 0.357. The number of aromatic nitrogens is 1. The number of hydrogen-bond acceptors (Lipinski definition) is 8. The molecule has 1 aromatic heterocycles. The number of carbonyl (C=O) groups excluding carboxylic acids is 4. The first-order valence-electron chi connectivity index (χ1n) is 8.24. The summed E-state index contributed by atoms with van der Waals surface area (Å²) < 4.78 is 34.8. The van der Waals surface area contributed by atoms with Gasteiger partial charge in [0.1, 0.15) is 17.6 Å². The Morgan fingerprint density at radius 3 is 2.72 bits per heavy atom. The van der Waals surface area contributed by atoms with Crippen molar-refractivity contribution in [3.63, 3.8) is 0 Å². The Morgan fingerprint density at radius 2 is 2.03 bits per heavy atom. The van der Waals surface area contributed by atoms with Crippen LogP contribution in [0, 0.1) is 0 Å². The minimum atomic E-state index is -4.89. The topological polar surface area (TPSA) is 187 Å². The number of piperidine rings is 1. The van der Waals surface area contributed by atoms with Crippen LogP contribution in [0.15, 0.2) is 18.2 Å². The Balaban J connectivity index is 1.60. The van der Waals surface area contributed by atoms with Crippen LogP contribution in [0.1, 0.15) is 23.3 Å². The molecule has 5 amide bonds. The Kier molecular flexibility index (Phi) is 5.62. The molecule has 0 saturated carbocycles. The predicted molar refractivity (Wildman–Crippen MR) is 92.9 cm³/mol. The lowest BCUT2D eigenvalue weighted by molar-refractivity contribution is -0.126. The summed E-state index contributed by atoms with van der Waals surface area (Å²) >= 11 is 0. The Morgan fingerprint density at radius 1 is 1.28 bits per heavy atom. The zero-order valence-corrected chi connectivity index (χ0v) is 15.5. The Bertz CT molecular complexity index is 953. The minimum absolute atomic E-state index is 0.0152. The number of nitrogens with one attached hydrogen (secondary N) is 3. The van der Waals surface area contributed by atoms with Gasteiger partial charge in [-0.05, 0) is 25.0 Å². The largest absolute Gasteiger partial charge is 0.418 e. The van der Waals surface area contributed by atoms with Crippen LogP contribution in [0.3, 0.4) is 0 Å². The van der Waals surface area contributed by atoms with E-state index >= 15 is 0 Å². The molecule has 0 spiro atoms. The summed E-state index contributed by atoms with van der Waals surface area (Å²) in [6.45, 7) is 0.0152. The average molecular weight is 428 g/mol. The molecule has 0 aliphatic carbocycles. The number of urea groups is 1. The zero-order chi connectivity index (χ0) is 21.2. The van der Waals surface area contributed by atoms with Gasteiger partial charge in [0.15, 0.2) is 0 Å². The number of hydrogen-bond donors (Lipinski definition) is 4. The maximum Gasteiger partial charge on any atom is 0.418 e. The monoisotopic (exact) mass is 428 g/mol. The van der Waals surface area contributed by atoms with Crippen LogP contribution in [-0.2, 0) is 24.3 Å². The molecule has 3 heterocycles. The number of hydrazine groups is 1. The van der Waals surface area contributed by atoms with Crippen molar-refractivity contribution in [1.82, 2.24) is 25.8 Å². The summed E-state index contributed by atoms with van der Waals surface area (Å²) in [4.78, 5) is 52.2. The van der Waals surface area contributed by atoms with E-state index in [4.69, 9.17) is 4.55 Å². The number of hydroxylamine groups is 2. The molecule has 0 radical (unpaired) electrons. The predicted octanol–water partition coefficient (Wildman–Crippen LogP) is -1.59. The quantitative estimate of drug-likeness (QED) is 0.235. The van der Waals surface area contributed by atoms with Gasteiger partial charge >= 0.3 is 16.4 Å². The maximum atomic E-state index is 12.4. The van der Waals surface area contributed by atoms with Gasteiger partial charge in [0.25, 0.3) is 11.8 Å². The van der Waals surface area contributed by atoms with Crippen LogP contribution >= 0.6 is 0 Å². The standard InChI is InChI=1S/C14H16N6O8S/c21-7-15-11-3-1-2-9(16-11)12(22)17-18-13(23)10-5-4-8-6-19(10)14(24)20(8)28-29(25,26)27/h1-3,7-8,10H,4-6H2,(H,17,22)(H,18,23)(H,15,16,21)(H,25,26,27)/t8-,10?/m1/s1. The van der Waals surface area contributed by atoms with E-state index in [9.17, 15) is 27.6 Å². The van der Waals surface area contributed by atoms with E-state index in [0.717, 1.165) is 4.90 Å². The van der Waals surface area contributed by atoms with E-state index in [1.807, 2.05) is 0 Å². The first kappa shape index (κ1) is 20.4. The lowest BCUT2D eigenvalue weighted by Gasteiger charge is -2.29. The number of anilines is 1. The fourth-order valence-electron chi connectivity index (χ4n) is 3.07. The van der Waals surface area contributed by atoms with Crippen LogP contribution in [-0.4, -0.2) is 70.8 Å². The Hall–Kier alpha value is -3.30. The Labute approximate surface area is 164 Å². The van der Waals surface area contributed by atoms with Gasteiger partial charge < -0.3 is 10.2 Å². The summed E-state index contributed by atoms with van der Waals surface area (Å²) in [6, 6.07) is 1.78. The average Bonchev–Trinajstić information content (AvgIpc) is 2.90. The van der Waals surface area contributed by atoms with E-state index < -0.39 is 40.3 Å². The van der Waals surface area contributed by atoms with Crippen molar-refractivity contribution in [3.8, 4) is 0 Å². The molecule has 1 aromatic rings. The molecule has 2 aliphatic heterocycles. The number of fused-ring (bicyclic) bond motifs is 2. The van der Waals surface area contributed by atoms with Crippen molar-refractivity contribution < 1.29 is 36.4 Å². The molecule has 0 aromatic carbocycles. The van der Waals surface area contributed by atoms with Crippen molar-refractivity contribution >= 4 is 40.5 Å². The number of amides is 5. The number of carbonyl (C=O) groups is 4. The molecule has 15 heteroatoms. The first-order chi connectivity index (χ1) is 13.7. The lowest BCUT2D eigenvalue weighted by atomic mass is 10.0. The molecule has 2 aliphatic rings. The van der Waals surface area contributed by atoms with Crippen molar-refractivity contribution in [2.75, 3.05) is 11.9 Å². The molecule has 2 atom stereocenters. The van der Waals surface area contributed by atoms with Crippen molar-refractivity contribution in [1.29, 1.82) is 0 Å². The third-order valence-corrected chi connectivity index (χ3v) is 4.64. The summed E-state index contributed by atoms with van der Waals surface area (Å²) in [6.07, 6.45) is 0.815. The second kappa shape index (κ2) is 7.98. The van der Waals surface area contributed by atoms with Gasteiger partial charge in [-0.1, -0.05) is 6.07 Å². The van der Waals surface area contributed by atoms with Gasteiger partial charge in [-0.3, -0.25) is 29.8 Å². The van der Waals surface area contributed by atoms with E-state index in [0.29, 0.717) is 11.5 Å². The van der Waals surface area contributed by atoms with Gasteiger partial charge in [0.05, 0.1) is 6.04 Å². The molecule has 1 unspecified atom stereocenters. The summed E-state index contributed by atoms with van der Waals surface area (Å²) in [5.41, 5.74) is 4.25. The van der Waals surface area contributed by atoms with E-state index in [-0.39, 0.29) is 30.9 Å². The van der Waals surface area contributed by atoms with E-state index in [1.54, 1.807) is 0 Å². The first-order valence-corrected chi connectivity index (χ1v) is 9.60. The fourth-order valence-corrected chi connectivity index (χ4v) is 3.46. The van der Waals surface area contributed by atoms with Crippen LogP contribution in [0.2, 0.25) is 0 Å². The van der Waals surface area contributed by atoms with Crippen molar-refractivity contribution in [3.05, 3.63) is 23.9 Å². The summed E-state index contributed by atoms with van der Waals surface area (Å²) in [5.74, 6) is -1.33. The van der Waals surface area contributed by atoms with Crippen molar-refractivity contribution in [2.24, 2.45) is 0 Å². The molecular weight excluding hydrogens is 412 g/mol. The molecule has 2 fully saturated rings. The van der Waals surface area contributed by atoms with Gasteiger partial charge in [-0.2, -0.15) is 13.5 Å². The van der Waals surface area contributed by atoms with E-state index in [1.165, 1.54) is 18.2 Å². The highest BCUT2D eigenvalue weighted by atomic mass is 32.3. The summed E-state index contributed by atoms with van der Waals surface area (Å²) in [5, 5.41) is 2.79. The third-order valence-electron chi connectivity index (χ3n) is 4.29. The smallest absolute Gasteiger partial charge is 0.313 e. The van der Waals surface area contributed by atoms with Crippen LogP contribution in [0.25, 0.3) is 0 Å². The lowest BCUT2D eigenvalue weighted by Crippen LogP contribution is -2.54. The molecule has 29 heavy (non-hydrogen) atoms. The molecule has 156 valence electrons. The molecule has 2 bridgehead atoms. The SMILES string of the molecule is O=CNc1cccc(C(=O)NNC(=O)C2CC[C@@H]3CN2C(=O)N3OS(=O)(=O)O)n1. The highest BCUT2D eigenvalue weighted by Crippen LogP contribution is 2.30. The molecule has 2 saturated heterocycles. The molecule has 14 nitrogen and oxygen atoms in total. The molecule has 3 rings (SSSR count). The van der Waals surface area contributed by atoms with Gasteiger partial charge in [-0.15, -0.1) is 4.28 Å². The second-order valence-corrected chi connectivity index (χ2v) is 7.13. The minimum Gasteiger partial charge on any atom is -0.313 e. The normalized spacial score (nSPS) is 20.9. The second-order valence-electron chi connectivity index (χ2n) is 6.12. The third kappa shape index (κ3) is 4.58. The molecular formula is C14H16N6O8S. The summed E-state index contributed by atoms with van der Waals surface area (Å²) in [7, 11) is -4.89. The van der Waals surface area contributed by atoms with Gasteiger partial charge in [-0.25, -0.2) is 9.78 Å². The van der Waals surface area contributed by atoms with Gasteiger partial charge in [0, 0.05) is 6.54 Å². The van der Waals surface area contributed by atoms with Crippen LogP contribution in [0.4, 0.5) is 10.6 Å². The zero-order valence-electron chi connectivity index (χ0n) is 14.6. The molecule has 4 N–H and O–H groups in total. The highest BCUT2D eigenvalue weighted by molar-refractivity contribution is 7.80. The maximum absolute atomic E-state index is 12.4. The van der Waals surface area contributed by atoms with Crippen LogP contribution in [0.5, 0.6) is 0 Å².